The summed E-state index contributed by atoms with van der Waals surface area (Å²) in [5.74, 6) is 0. The maximum atomic E-state index is 10.6. The molecule has 0 saturated heterocycles. The van der Waals surface area contributed by atoms with Crippen LogP contribution in [0.5, 0.6) is 0 Å². The van der Waals surface area contributed by atoms with E-state index in [0.717, 1.165) is 6.92 Å². The largest absolute Gasteiger partial charge is 0.387 e. The molecule has 0 aromatic carbocycles. The standard InChI is InChI=1S/C7H6N3O7/c1-7(11)5(9(14)15)2-4(8(12)13)3-6(7)10(16)17/h2-3,11H,1H3/q-1. The summed E-state index contributed by atoms with van der Waals surface area (Å²) in [5.41, 5.74) is -4.32. The Bertz CT molecular complexity index is 464. The topological polar surface area (TPSA) is 150 Å². The van der Waals surface area contributed by atoms with Crippen molar-refractivity contribution >= 4 is 0 Å². The Labute approximate surface area is 93.3 Å². The van der Waals surface area contributed by atoms with Crippen LogP contribution in [0.4, 0.5) is 0 Å². The summed E-state index contributed by atoms with van der Waals surface area (Å²) in [7, 11) is 0. The number of nitro groups is 3. The summed E-state index contributed by atoms with van der Waals surface area (Å²) in [6.45, 7) is 0.826. The molecule has 1 rings (SSSR count). The summed E-state index contributed by atoms with van der Waals surface area (Å²) in [6, 6.07) is -1.02. The smallest absolute Gasteiger partial charge is 0.259 e. The molecule has 0 saturated carbocycles. The Hall–Kier alpha value is -2.49. The average molecular weight is 244 g/mol. The maximum Gasteiger partial charge on any atom is 0.259 e. The molecule has 1 aliphatic carbocycles. The lowest BCUT2D eigenvalue weighted by molar-refractivity contribution is -0.502. The van der Waals surface area contributed by atoms with Crippen molar-refractivity contribution in [1.82, 2.24) is 0 Å². The van der Waals surface area contributed by atoms with Gasteiger partial charge in [-0.1, -0.05) is 6.08 Å². The lowest BCUT2D eigenvalue weighted by Gasteiger charge is -2.29. The number of rotatable bonds is 3. The molecule has 1 atom stereocenters. The van der Waals surface area contributed by atoms with Gasteiger partial charge in [-0.15, -0.1) is 0 Å². The molecular weight excluding hydrogens is 238 g/mol. The lowest BCUT2D eigenvalue weighted by Crippen LogP contribution is -2.43. The second kappa shape index (κ2) is 3.83. The van der Waals surface area contributed by atoms with Gasteiger partial charge in [0.2, 0.25) is 0 Å². The lowest BCUT2D eigenvalue weighted by atomic mass is 9.88. The molecule has 10 heteroatoms. The zero-order valence-corrected chi connectivity index (χ0v) is 8.39. The summed E-state index contributed by atoms with van der Waals surface area (Å²) in [4.78, 5) is 28.4. The van der Waals surface area contributed by atoms with Crippen LogP contribution in [-0.2, 0) is 0 Å². The Morgan fingerprint density at radius 2 is 1.76 bits per heavy atom. The van der Waals surface area contributed by atoms with E-state index in [1.807, 2.05) is 0 Å². The fourth-order valence-electron chi connectivity index (χ4n) is 1.30. The van der Waals surface area contributed by atoms with E-state index >= 15 is 0 Å². The second-order valence-electron chi connectivity index (χ2n) is 3.33. The Morgan fingerprint density at radius 3 is 2.12 bits per heavy atom. The van der Waals surface area contributed by atoms with Crippen LogP contribution in [0.1, 0.15) is 6.92 Å². The minimum atomic E-state index is -2.48. The van der Waals surface area contributed by atoms with E-state index < -0.39 is 37.8 Å². The highest BCUT2D eigenvalue weighted by Gasteiger charge is 2.47. The van der Waals surface area contributed by atoms with Crippen LogP contribution in [0.15, 0.2) is 23.5 Å². The number of hydrogen-bond donors (Lipinski definition) is 1. The first-order valence-corrected chi connectivity index (χ1v) is 4.14. The highest BCUT2D eigenvalue weighted by molar-refractivity contribution is 5.36. The first-order valence-electron chi connectivity index (χ1n) is 4.14. The molecule has 1 aliphatic rings. The van der Waals surface area contributed by atoms with Gasteiger partial charge in [0, 0.05) is 6.08 Å². The van der Waals surface area contributed by atoms with Gasteiger partial charge in [0.1, 0.15) is 5.70 Å². The van der Waals surface area contributed by atoms with Crippen LogP contribution in [0.3, 0.4) is 0 Å². The van der Waals surface area contributed by atoms with Crippen molar-refractivity contribution in [2.75, 3.05) is 0 Å². The summed E-state index contributed by atoms with van der Waals surface area (Å²) in [6.07, 6.45) is 0.986. The van der Waals surface area contributed by atoms with Gasteiger partial charge < -0.3 is 5.11 Å². The van der Waals surface area contributed by atoms with Crippen molar-refractivity contribution in [2.45, 2.75) is 12.5 Å². The number of nitrogens with zero attached hydrogens (tertiary/aromatic N) is 3. The molecule has 92 valence electrons. The normalized spacial score (nSPS) is 23.8. The molecule has 0 aromatic rings. The molecule has 0 spiro atoms. The summed E-state index contributed by atoms with van der Waals surface area (Å²) in [5, 5.41) is 41.3. The summed E-state index contributed by atoms with van der Waals surface area (Å²) < 4.78 is 0. The second-order valence-corrected chi connectivity index (χ2v) is 3.33. The van der Waals surface area contributed by atoms with Crippen LogP contribution in [0.25, 0.3) is 0 Å². The molecule has 0 heterocycles. The van der Waals surface area contributed by atoms with Crippen LogP contribution in [0, 0.1) is 36.4 Å². The third-order valence-electron chi connectivity index (χ3n) is 2.17. The number of aliphatic hydroxyl groups is 1. The van der Waals surface area contributed by atoms with Gasteiger partial charge in [0.15, 0.2) is 11.6 Å². The van der Waals surface area contributed by atoms with Gasteiger partial charge in [0.05, 0.1) is 4.92 Å². The fraction of sp³-hybridized carbons (Fsp3) is 0.286. The first kappa shape index (κ1) is 12.6. The molecule has 17 heavy (non-hydrogen) atoms. The first-order chi connectivity index (χ1) is 7.67. The molecule has 0 bridgehead atoms. The van der Waals surface area contributed by atoms with Gasteiger partial charge >= 0.3 is 0 Å². The Kier molecular flexibility index (Phi) is 2.83. The van der Waals surface area contributed by atoms with Crippen LogP contribution >= 0.6 is 0 Å². The van der Waals surface area contributed by atoms with Crippen molar-refractivity contribution in [1.29, 1.82) is 0 Å². The van der Waals surface area contributed by atoms with E-state index in [1.165, 1.54) is 0 Å². The van der Waals surface area contributed by atoms with Gasteiger partial charge in [-0.2, -0.15) is 0 Å². The third kappa shape index (κ3) is 2.06. The van der Waals surface area contributed by atoms with Gasteiger partial charge in [0.25, 0.3) is 5.70 Å². The van der Waals surface area contributed by atoms with E-state index in [4.69, 9.17) is 0 Å². The zero-order valence-electron chi connectivity index (χ0n) is 8.39. The molecule has 0 aromatic heterocycles. The highest BCUT2D eigenvalue weighted by atomic mass is 16.6. The van der Waals surface area contributed by atoms with Crippen LogP contribution in [0.2, 0.25) is 0 Å². The van der Waals surface area contributed by atoms with E-state index in [0.29, 0.717) is 12.2 Å². The van der Waals surface area contributed by atoms with Gasteiger partial charge in [-0.25, -0.2) is 0 Å². The molecule has 0 radical (unpaired) electrons. The maximum absolute atomic E-state index is 10.6. The van der Waals surface area contributed by atoms with E-state index in [2.05, 4.69) is 0 Å². The SMILES string of the molecule is CC1(O)C([N+](=O)[O-])=CC([N+](=O)[O-])=C[C-]1[N+](=O)[O-]. The van der Waals surface area contributed by atoms with Gasteiger partial charge in [-0.3, -0.25) is 30.3 Å². The molecule has 0 amide bonds. The quantitative estimate of drug-likeness (QED) is 0.412. The monoisotopic (exact) mass is 244 g/mol. The van der Waals surface area contributed by atoms with E-state index in [1.54, 1.807) is 0 Å². The molecule has 1 N–H and O–H groups in total. The third-order valence-corrected chi connectivity index (χ3v) is 2.17. The molecule has 0 fully saturated rings. The molecule has 0 aliphatic heterocycles. The summed E-state index contributed by atoms with van der Waals surface area (Å²) >= 11 is 0. The molecule has 1 unspecified atom stereocenters. The van der Waals surface area contributed by atoms with E-state index in [9.17, 15) is 35.4 Å². The average Bonchev–Trinajstić information content (AvgIpc) is 2.14. The predicted octanol–water partition coefficient (Wildman–Crippen LogP) is -0.119. The van der Waals surface area contributed by atoms with Gasteiger partial charge in [-0.05, 0) is 16.8 Å². The Balaban J connectivity index is 3.39. The Morgan fingerprint density at radius 1 is 1.24 bits per heavy atom. The van der Waals surface area contributed by atoms with Crippen LogP contribution in [-0.4, -0.2) is 25.5 Å². The fourth-order valence-corrected chi connectivity index (χ4v) is 1.30. The molecular formula is C7H6N3O7-. The number of allylic oxidation sites excluding steroid dienone is 1. The van der Waals surface area contributed by atoms with Crippen molar-refractivity contribution < 1.29 is 19.9 Å². The van der Waals surface area contributed by atoms with Crippen molar-refractivity contribution in [3.05, 3.63) is 59.9 Å². The van der Waals surface area contributed by atoms with E-state index in [-0.39, 0.29) is 0 Å². The predicted molar refractivity (Wildman–Crippen MR) is 51.0 cm³/mol. The van der Waals surface area contributed by atoms with Crippen molar-refractivity contribution in [3.63, 3.8) is 0 Å². The zero-order chi connectivity index (χ0) is 13.4. The van der Waals surface area contributed by atoms with Crippen LogP contribution < -0.4 is 0 Å². The molecule has 10 nitrogen and oxygen atoms in total. The number of hydrogen-bond acceptors (Lipinski definition) is 7. The highest BCUT2D eigenvalue weighted by Crippen LogP contribution is 2.35. The van der Waals surface area contributed by atoms with Crippen molar-refractivity contribution in [2.24, 2.45) is 0 Å². The minimum Gasteiger partial charge on any atom is -0.387 e. The minimum absolute atomic E-state index is 0.493. The van der Waals surface area contributed by atoms with Crippen molar-refractivity contribution in [3.8, 4) is 0 Å².